The lowest BCUT2D eigenvalue weighted by Crippen LogP contribution is -2.45. The molecule has 2 aromatic carbocycles. The Morgan fingerprint density at radius 2 is 1.94 bits per heavy atom. The lowest BCUT2D eigenvalue weighted by Gasteiger charge is -2.31. The molecule has 7 nitrogen and oxygen atoms in total. The molecule has 1 N–H and O–H groups in total. The average Bonchev–Trinajstić information content (AvgIpc) is 2.77. The summed E-state index contributed by atoms with van der Waals surface area (Å²) in [5.74, 6) is -0.0509. The Bertz CT molecular complexity index is 1060. The van der Waals surface area contributed by atoms with Gasteiger partial charge in [-0.1, -0.05) is 29.3 Å². The summed E-state index contributed by atoms with van der Waals surface area (Å²) in [6.45, 7) is 0.653. The van der Waals surface area contributed by atoms with E-state index in [-0.39, 0.29) is 29.6 Å². The zero-order chi connectivity index (χ0) is 22.6. The Morgan fingerprint density at radius 1 is 1.16 bits per heavy atom. The molecule has 31 heavy (non-hydrogen) atoms. The van der Waals surface area contributed by atoms with Crippen molar-refractivity contribution in [2.75, 3.05) is 27.3 Å². The topological polar surface area (TPSA) is 84.9 Å². The maximum absolute atomic E-state index is 13.3. The van der Waals surface area contributed by atoms with Crippen molar-refractivity contribution in [3.8, 4) is 11.5 Å². The summed E-state index contributed by atoms with van der Waals surface area (Å²) in [6, 6.07) is 9.67. The Morgan fingerprint density at radius 3 is 2.61 bits per heavy atom. The van der Waals surface area contributed by atoms with E-state index in [4.69, 9.17) is 32.7 Å². The number of amides is 1. The van der Waals surface area contributed by atoms with Gasteiger partial charge in [0, 0.05) is 35.7 Å². The second kappa shape index (κ2) is 10.1. The van der Waals surface area contributed by atoms with Gasteiger partial charge in [-0.15, -0.1) is 0 Å². The molecule has 1 fully saturated rings. The molecule has 1 aliphatic rings. The first-order valence-corrected chi connectivity index (χ1v) is 11.9. The van der Waals surface area contributed by atoms with Crippen molar-refractivity contribution in [1.82, 2.24) is 9.62 Å². The maximum atomic E-state index is 13.3. The summed E-state index contributed by atoms with van der Waals surface area (Å²) in [5, 5.41) is 3.83. The number of rotatable bonds is 7. The van der Waals surface area contributed by atoms with Crippen LogP contribution in [0.15, 0.2) is 41.3 Å². The highest BCUT2D eigenvalue weighted by Gasteiger charge is 2.35. The van der Waals surface area contributed by atoms with Crippen LogP contribution in [0.25, 0.3) is 0 Å². The molecule has 0 spiro atoms. The molecule has 1 amide bonds. The number of sulfonamides is 1. The van der Waals surface area contributed by atoms with Crippen LogP contribution in [0.3, 0.4) is 0 Å². The van der Waals surface area contributed by atoms with Crippen LogP contribution in [-0.2, 0) is 21.4 Å². The minimum atomic E-state index is -3.87. The largest absolute Gasteiger partial charge is 0.497 e. The number of benzene rings is 2. The van der Waals surface area contributed by atoms with Crippen LogP contribution < -0.4 is 14.8 Å². The fourth-order valence-electron chi connectivity index (χ4n) is 3.49. The number of hydrogen-bond acceptors (Lipinski definition) is 5. The third-order valence-electron chi connectivity index (χ3n) is 5.21. The fraction of sp³-hybridized carbons (Fsp3) is 0.381. The summed E-state index contributed by atoms with van der Waals surface area (Å²) in [5.41, 5.74) is 0.737. The van der Waals surface area contributed by atoms with Gasteiger partial charge in [0.05, 0.1) is 20.1 Å². The van der Waals surface area contributed by atoms with Gasteiger partial charge in [0.1, 0.15) is 16.4 Å². The van der Waals surface area contributed by atoms with Crippen molar-refractivity contribution in [2.45, 2.75) is 24.3 Å². The highest BCUT2D eigenvalue weighted by atomic mass is 35.5. The van der Waals surface area contributed by atoms with E-state index < -0.39 is 15.9 Å². The van der Waals surface area contributed by atoms with E-state index in [2.05, 4.69) is 5.32 Å². The van der Waals surface area contributed by atoms with Gasteiger partial charge in [-0.05, 0) is 42.7 Å². The zero-order valence-electron chi connectivity index (χ0n) is 17.2. The second-order valence-corrected chi connectivity index (χ2v) is 9.92. The van der Waals surface area contributed by atoms with Crippen LogP contribution in [0.5, 0.6) is 11.5 Å². The van der Waals surface area contributed by atoms with E-state index in [0.717, 1.165) is 5.56 Å². The first kappa shape index (κ1) is 23.7. The van der Waals surface area contributed by atoms with E-state index in [1.807, 2.05) is 0 Å². The lowest BCUT2D eigenvalue weighted by atomic mass is 9.99. The van der Waals surface area contributed by atoms with E-state index in [1.54, 1.807) is 30.3 Å². The molecule has 1 saturated heterocycles. The Balaban J connectivity index is 1.73. The van der Waals surface area contributed by atoms with Crippen LogP contribution in [0, 0.1) is 5.92 Å². The van der Waals surface area contributed by atoms with Crippen molar-refractivity contribution < 1.29 is 22.7 Å². The van der Waals surface area contributed by atoms with Gasteiger partial charge >= 0.3 is 0 Å². The molecule has 2 aromatic rings. The molecular weight excluding hydrogens is 463 g/mol. The predicted octanol–water partition coefficient (Wildman–Crippen LogP) is 3.73. The molecule has 0 saturated carbocycles. The fourth-order valence-corrected chi connectivity index (χ4v) is 5.66. The summed E-state index contributed by atoms with van der Waals surface area (Å²) in [4.78, 5) is 12.8. The smallest absolute Gasteiger partial charge is 0.246 e. The van der Waals surface area contributed by atoms with Gasteiger partial charge < -0.3 is 14.8 Å². The van der Waals surface area contributed by atoms with Gasteiger partial charge in [-0.2, -0.15) is 4.31 Å². The third kappa shape index (κ3) is 5.44. The summed E-state index contributed by atoms with van der Waals surface area (Å²) >= 11 is 12.1. The van der Waals surface area contributed by atoms with Crippen molar-refractivity contribution in [2.24, 2.45) is 5.92 Å². The summed E-state index contributed by atoms with van der Waals surface area (Å²) in [6.07, 6.45) is 1.17. The van der Waals surface area contributed by atoms with Gasteiger partial charge in [-0.25, -0.2) is 8.42 Å². The van der Waals surface area contributed by atoms with Crippen molar-refractivity contribution >= 4 is 39.1 Å². The van der Waals surface area contributed by atoms with Gasteiger partial charge in [0.15, 0.2) is 0 Å². The van der Waals surface area contributed by atoms with Crippen LogP contribution in [0.1, 0.15) is 18.4 Å². The number of nitrogens with one attached hydrogen (secondary N) is 1. The number of piperidine rings is 1. The van der Waals surface area contributed by atoms with E-state index in [9.17, 15) is 13.2 Å². The third-order valence-corrected chi connectivity index (χ3v) is 7.68. The first-order valence-electron chi connectivity index (χ1n) is 9.70. The van der Waals surface area contributed by atoms with Crippen LogP contribution in [0.2, 0.25) is 10.0 Å². The Labute approximate surface area is 192 Å². The minimum absolute atomic E-state index is 0.0170. The highest BCUT2D eigenvalue weighted by Crippen LogP contribution is 2.32. The Kier molecular flexibility index (Phi) is 7.69. The second-order valence-electron chi connectivity index (χ2n) is 7.17. The monoisotopic (exact) mass is 486 g/mol. The zero-order valence-corrected chi connectivity index (χ0v) is 19.6. The van der Waals surface area contributed by atoms with E-state index in [0.29, 0.717) is 35.2 Å². The number of carbonyl (C=O) groups excluding carboxylic acids is 1. The first-order chi connectivity index (χ1) is 14.8. The quantitative estimate of drug-likeness (QED) is 0.644. The maximum Gasteiger partial charge on any atom is 0.246 e. The van der Waals surface area contributed by atoms with Crippen LogP contribution in [0.4, 0.5) is 0 Å². The minimum Gasteiger partial charge on any atom is -0.497 e. The SMILES string of the molecule is COc1ccc(OC)c(S(=O)(=O)N2CCC[C@@H](C(=O)NCc3ccc(Cl)cc3Cl)C2)c1. The number of carbonyl (C=O) groups is 1. The number of halogens is 2. The van der Waals surface area contributed by atoms with Gasteiger partial charge in [0.2, 0.25) is 15.9 Å². The van der Waals surface area contributed by atoms with Gasteiger partial charge in [0.25, 0.3) is 0 Å². The van der Waals surface area contributed by atoms with Gasteiger partial charge in [-0.3, -0.25) is 4.79 Å². The number of ether oxygens (including phenoxy) is 2. The van der Waals surface area contributed by atoms with Crippen LogP contribution >= 0.6 is 23.2 Å². The Hall–Kier alpha value is -2.00. The molecule has 1 aliphatic heterocycles. The number of nitrogens with zero attached hydrogens (tertiary/aromatic N) is 1. The highest BCUT2D eigenvalue weighted by molar-refractivity contribution is 7.89. The number of hydrogen-bond donors (Lipinski definition) is 1. The predicted molar refractivity (Wildman–Crippen MR) is 119 cm³/mol. The number of methoxy groups -OCH3 is 2. The van der Waals surface area contributed by atoms with Crippen LogP contribution in [-0.4, -0.2) is 45.9 Å². The molecule has 0 aliphatic carbocycles. The standard InChI is InChI=1S/C21H24Cl2N2O5S/c1-29-17-7-8-19(30-2)20(11-17)31(27,28)25-9-3-4-15(13-25)21(26)24-12-14-5-6-16(22)10-18(14)23/h5-8,10-11,15H,3-4,9,12-13H2,1-2H3,(H,24,26)/t15-/m1/s1. The lowest BCUT2D eigenvalue weighted by molar-refractivity contribution is -0.126. The molecule has 0 aromatic heterocycles. The van der Waals surface area contributed by atoms with E-state index >= 15 is 0 Å². The molecule has 0 radical (unpaired) electrons. The van der Waals surface area contributed by atoms with Crippen molar-refractivity contribution in [3.05, 3.63) is 52.0 Å². The molecular formula is C21H24Cl2N2O5S. The molecule has 3 rings (SSSR count). The summed E-state index contributed by atoms with van der Waals surface area (Å²) < 4.78 is 38.3. The molecule has 0 unspecified atom stereocenters. The van der Waals surface area contributed by atoms with Crippen molar-refractivity contribution in [3.63, 3.8) is 0 Å². The molecule has 168 valence electrons. The van der Waals surface area contributed by atoms with Crippen molar-refractivity contribution in [1.29, 1.82) is 0 Å². The average molecular weight is 487 g/mol. The normalized spacial score (nSPS) is 17.2. The molecule has 0 bridgehead atoms. The van der Waals surface area contributed by atoms with E-state index in [1.165, 1.54) is 24.6 Å². The molecule has 1 heterocycles. The summed E-state index contributed by atoms with van der Waals surface area (Å²) in [7, 11) is -0.993. The molecule has 10 heteroatoms. The molecule has 1 atom stereocenters.